The van der Waals surface area contributed by atoms with Crippen molar-refractivity contribution in [2.75, 3.05) is 0 Å². The summed E-state index contributed by atoms with van der Waals surface area (Å²) in [5.41, 5.74) is 7.36. The lowest BCUT2D eigenvalue weighted by Gasteiger charge is -2.27. The van der Waals surface area contributed by atoms with Crippen LogP contribution >= 0.6 is 11.6 Å². The highest BCUT2D eigenvalue weighted by molar-refractivity contribution is 6.30. The number of hydrogen-bond acceptors (Lipinski definition) is 1. The smallest absolute Gasteiger partial charge is 0.225 e. The fraction of sp³-hybridized carbons (Fsp3) is 0.222. The van der Waals surface area contributed by atoms with Gasteiger partial charge in [-0.3, -0.25) is 4.79 Å². The van der Waals surface area contributed by atoms with Gasteiger partial charge in [0.05, 0.1) is 5.92 Å². The molecular weight excluding hydrogens is 174 g/mol. The van der Waals surface area contributed by atoms with Gasteiger partial charge in [-0.2, -0.15) is 0 Å². The van der Waals surface area contributed by atoms with Gasteiger partial charge in [-0.1, -0.05) is 17.7 Å². The predicted octanol–water partition coefficient (Wildman–Crippen LogP) is 1.46. The average molecular weight is 182 g/mol. The van der Waals surface area contributed by atoms with Crippen LogP contribution in [0.25, 0.3) is 0 Å². The second kappa shape index (κ2) is 2.49. The molecule has 1 atom stereocenters. The lowest BCUT2D eigenvalue weighted by atomic mass is 9.77. The summed E-state index contributed by atoms with van der Waals surface area (Å²) in [4.78, 5) is 10.8. The Balaban J connectivity index is 2.39. The van der Waals surface area contributed by atoms with Crippen molar-refractivity contribution in [1.82, 2.24) is 0 Å². The second-order valence-corrected chi connectivity index (χ2v) is 3.44. The third kappa shape index (κ3) is 0.994. The van der Waals surface area contributed by atoms with Gasteiger partial charge in [0.1, 0.15) is 0 Å². The molecule has 3 heteroatoms. The summed E-state index contributed by atoms with van der Waals surface area (Å²) < 4.78 is 0. The van der Waals surface area contributed by atoms with Crippen molar-refractivity contribution in [2.45, 2.75) is 12.3 Å². The summed E-state index contributed by atoms with van der Waals surface area (Å²) >= 11 is 5.77. The van der Waals surface area contributed by atoms with Gasteiger partial charge in [-0.05, 0) is 29.7 Å². The van der Waals surface area contributed by atoms with E-state index in [0.717, 1.165) is 12.0 Å². The highest BCUT2D eigenvalue weighted by Gasteiger charge is 2.30. The van der Waals surface area contributed by atoms with Crippen molar-refractivity contribution in [3.63, 3.8) is 0 Å². The number of carbonyl (C=O) groups excluding carboxylic acids is 1. The van der Waals surface area contributed by atoms with E-state index in [2.05, 4.69) is 0 Å². The van der Waals surface area contributed by atoms with E-state index >= 15 is 0 Å². The second-order valence-electron chi connectivity index (χ2n) is 3.00. The third-order valence-electron chi connectivity index (χ3n) is 2.25. The van der Waals surface area contributed by atoms with Crippen molar-refractivity contribution in [1.29, 1.82) is 0 Å². The maximum atomic E-state index is 10.8. The van der Waals surface area contributed by atoms with Gasteiger partial charge in [-0.25, -0.2) is 0 Å². The number of carbonyl (C=O) groups is 1. The molecule has 1 aliphatic carbocycles. The maximum absolute atomic E-state index is 10.8. The zero-order valence-electron chi connectivity index (χ0n) is 6.38. The van der Waals surface area contributed by atoms with Gasteiger partial charge in [0.15, 0.2) is 0 Å². The zero-order chi connectivity index (χ0) is 8.72. The van der Waals surface area contributed by atoms with Crippen LogP contribution in [0.4, 0.5) is 0 Å². The minimum atomic E-state index is -0.259. The third-order valence-corrected chi connectivity index (χ3v) is 2.49. The van der Waals surface area contributed by atoms with Crippen LogP contribution in [0.3, 0.4) is 0 Å². The molecule has 0 aromatic heterocycles. The van der Waals surface area contributed by atoms with Gasteiger partial charge in [0.25, 0.3) is 0 Å². The summed E-state index contributed by atoms with van der Waals surface area (Å²) in [6.07, 6.45) is 0.766. The molecule has 0 heterocycles. The monoisotopic (exact) mass is 181 g/mol. The molecule has 0 radical (unpaired) electrons. The normalized spacial score (nSPS) is 19.6. The number of hydrogen-bond donors (Lipinski definition) is 1. The van der Waals surface area contributed by atoms with Crippen molar-refractivity contribution >= 4 is 17.5 Å². The molecule has 12 heavy (non-hydrogen) atoms. The van der Waals surface area contributed by atoms with E-state index < -0.39 is 0 Å². The number of benzene rings is 1. The Labute approximate surface area is 75.3 Å². The van der Waals surface area contributed by atoms with E-state index in [1.165, 1.54) is 5.56 Å². The fourth-order valence-electron chi connectivity index (χ4n) is 1.53. The molecular formula is C9H8ClNO. The summed E-state index contributed by atoms with van der Waals surface area (Å²) in [6, 6.07) is 5.59. The molecule has 2 rings (SSSR count). The molecule has 1 amide bonds. The summed E-state index contributed by atoms with van der Waals surface area (Å²) in [7, 11) is 0. The highest BCUT2D eigenvalue weighted by atomic mass is 35.5. The van der Waals surface area contributed by atoms with Crippen LogP contribution in [-0.2, 0) is 11.2 Å². The molecule has 2 N–H and O–H groups in total. The predicted molar refractivity (Wildman–Crippen MR) is 47.1 cm³/mol. The number of halogens is 1. The Kier molecular flexibility index (Phi) is 1.58. The number of rotatable bonds is 1. The van der Waals surface area contributed by atoms with Gasteiger partial charge < -0.3 is 5.73 Å². The molecule has 2 nitrogen and oxygen atoms in total. The topological polar surface area (TPSA) is 43.1 Å². The fourth-order valence-corrected chi connectivity index (χ4v) is 1.71. The van der Waals surface area contributed by atoms with E-state index in [-0.39, 0.29) is 11.8 Å². The first kappa shape index (κ1) is 7.62. The van der Waals surface area contributed by atoms with E-state index in [0.29, 0.717) is 5.02 Å². The van der Waals surface area contributed by atoms with Crippen LogP contribution in [0.2, 0.25) is 5.02 Å². The minimum absolute atomic E-state index is 0.112. The van der Waals surface area contributed by atoms with Crippen LogP contribution in [0.15, 0.2) is 18.2 Å². The summed E-state index contributed by atoms with van der Waals surface area (Å²) in [5.74, 6) is -0.372. The maximum Gasteiger partial charge on any atom is 0.225 e. The number of nitrogens with two attached hydrogens (primary N) is 1. The van der Waals surface area contributed by atoms with Crippen molar-refractivity contribution in [3.8, 4) is 0 Å². The standard InChI is InChI=1S/C9H8ClNO/c10-6-2-1-5-3-8(9(11)12)7(5)4-6/h1-2,4,8H,3H2,(H2,11,12). The summed E-state index contributed by atoms with van der Waals surface area (Å²) in [6.45, 7) is 0. The van der Waals surface area contributed by atoms with Gasteiger partial charge in [0.2, 0.25) is 5.91 Å². The van der Waals surface area contributed by atoms with Gasteiger partial charge in [-0.15, -0.1) is 0 Å². The van der Waals surface area contributed by atoms with Crippen LogP contribution < -0.4 is 5.73 Å². The van der Waals surface area contributed by atoms with E-state index in [1.54, 1.807) is 0 Å². The lowest BCUT2D eigenvalue weighted by Crippen LogP contribution is -2.30. The Hall–Kier alpha value is -1.02. The average Bonchev–Trinajstić information content (AvgIpc) is 1.95. The van der Waals surface area contributed by atoms with Gasteiger partial charge >= 0.3 is 0 Å². The molecule has 0 saturated carbocycles. The van der Waals surface area contributed by atoms with E-state index in [1.807, 2.05) is 18.2 Å². The summed E-state index contributed by atoms with van der Waals surface area (Å²) in [5, 5.41) is 0.666. The SMILES string of the molecule is NC(=O)C1Cc2ccc(Cl)cc21. The quantitative estimate of drug-likeness (QED) is 0.701. The van der Waals surface area contributed by atoms with Crippen LogP contribution in [-0.4, -0.2) is 5.91 Å². The Morgan fingerprint density at radius 1 is 1.58 bits per heavy atom. The molecule has 0 aliphatic heterocycles. The molecule has 0 bridgehead atoms. The molecule has 1 aliphatic rings. The first-order valence-electron chi connectivity index (χ1n) is 3.76. The van der Waals surface area contributed by atoms with Crippen molar-refractivity contribution < 1.29 is 4.79 Å². The van der Waals surface area contributed by atoms with Gasteiger partial charge in [0, 0.05) is 5.02 Å². The van der Waals surface area contributed by atoms with Crippen LogP contribution in [0.1, 0.15) is 17.0 Å². The highest BCUT2D eigenvalue weighted by Crippen LogP contribution is 2.36. The first-order chi connectivity index (χ1) is 5.68. The minimum Gasteiger partial charge on any atom is -0.369 e. The largest absolute Gasteiger partial charge is 0.369 e. The first-order valence-corrected chi connectivity index (χ1v) is 4.14. The number of fused-ring (bicyclic) bond motifs is 1. The molecule has 0 saturated heterocycles. The molecule has 1 aromatic carbocycles. The Bertz CT molecular complexity index is 348. The molecule has 0 spiro atoms. The number of amides is 1. The van der Waals surface area contributed by atoms with Crippen LogP contribution in [0.5, 0.6) is 0 Å². The molecule has 0 fully saturated rings. The van der Waals surface area contributed by atoms with E-state index in [9.17, 15) is 4.79 Å². The van der Waals surface area contributed by atoms with E-state index in [4.69, 9.17) is 17.3 Å². The molecule has 1 aromatic rings. The molecule has 62 valence electrons. The number of primary amides is 1. The zero-order valence-corrected chi connectivity index (χ0v) is 7.14. The lowest BCUT2D eigenvalue weighted by molar-refractivity contribution is -0.119. The van der Waals surface area contributed by atoms with Crippen molar-refractivity contribution in [3.05, 3.63) is 34.3 Å². The van der Waals surface area contributed by atoms with Crippen LogP contribution in [0, 0.1) is 0 Å². The Morgan fingerprint density at radius 2 is 2.33 bits per heavy atom. The molecule has 1 unspecified atom stereocenters. The van der Waals surface area contributed by atoms with Crippen molar-refractivity contribution in [2.24, 2.45) is 5.73 Å². The Morgan fingerprint density at radius 3 is 3.00 bits per heavy atom.